The van der Waals surface area contributed by atoms with Gasteiger partial charge in [0.25, 0.3) is 0 Å². The van der Waals surface area contributed by atoms with Gasteiger partial charge in [0.1, 0.15) is 11.5 Å². The van der Waals surface area contributed by atoms with Crippen LogP contribution in [0.2, 0.25) is 0 Å². The number of hydrogen-bond donors (Lipinski definition) is 1. The lowest BCUT2D eigenvalue weighted by Crippen LogP contribution is -2.38. The zero-order valence-electron chi connectivity index (χ0n) is 16.1. The molecule has 1 N–H and O–H groups in total. The fourth-order valence-corrected chi connectivity index (χ4v) is 4.44. The zero-order valence-corrected chi connectivity index (χ0v) is 16.9. The average Bonchev–Trinajstić information content (AvgIpc) is 3.15. The number of nitrogens with zero attached hydrogens (tertiary/aromatic N) is 1. The van der Waals surface area contributed by atoms with Gasteiger partial charge in [0.15, 0.2) is 0 Å². The van der Waals surface area contributed by atoms with E-state index in [1.165, 1.54) is 0 Å². The van der Waals surface area contributed by atoms with E-state index >= 15 is 0 Å². The van der Waals surface area contributed by atoms with Crippen LogP contribution in [0.25, 0.3) is 0 Å². The van der Waals surface area contributed by atoms with Crippen LogP contribution < -0.4 is 9.46 Å². The highest BCUT2D eigenvalue weighted by Gasteiger charge is 2.25. The molecule has 1 atom stereocenters. The zero-order chi connectivity index (χ0) is 19.3. The Morgan fingerprint density at radius 3 is 2.38 bits per heavy atom. The fourth-order valence-electron chi connectivity index (χ4n) is 3.10. The van der Waals surface area contributed by atoms with Crippen LogP contribution in [0.3, 0.4) is 0 Å². The van der Waals surface area contributed by atoms with Gasteiger partial charge in [-0.2, -0.15) is 0 Å². The molecule has 1 aromatic carbocycles. The highest BCUT2D eigenvalue weighted by Crippen LogP contribution is 2.27. The van der Waals surface area contributed by atoms with Crippen LogP contribution in [0.5, 0.6) is 5.75 Å². The summed E-state index contributed by atoms with van der Waals surface area (Å²) in [7, 11) is -2.07. The van der Waals surface area contributed by atoms with Crippen LogP contribution in [0, 0.1) is 13.8 Å². The Kier molecular flexibility index (Phi) is 6.86. The molecule has 144 valence electrons. The van der Waals surface area contributed by atoms with Crippen LogP contribution >= 0.6 is 0 Å². The third-order valence-electron chi connectivity index (χ3n) is 4.79. The molecule has 0 amide bonds. The lowest BCUT2D eigenvalue weighted by molar-refractivity contribution is 0.194. The molecule has 1 unspecified atom stereocenters. The molecule has 7 heteroatoms. The van der Waals surface area contributed by atoms with E-state index in [2.05, 4.69) is 9.62 Å². The fraction of sp³-hybridized carbons (Fsp3) is 0.474. The number of sulfonamides is 1. The summed E-state index contributed by atoms with van der Waals surface area (Å²) in [5, 5.41) is 0. The smallest absolute Gasteiger partial charge is 0.240 e. The van der Waals surface area contributed by atoms with Crippen molar-refractivity contribution in [3.63, 3.8) is 0 Å². The van der Waals surface area contributed by atoms with Gasteiger partial charge in [0.05, 0.1) is 24.3 Å². The van der Waals surface area contributed by atoms with E-state index in [4.69, 9.17) is 9.15 Å². The molecule has 1 aromatic heterocycles. The number of hydrogen-bond acceptors (Lipinski definition) is 5. The second kappa shape index (κ2) is 8.70. The van der Waals surface area contributed by atoms with E-state index in [1.807, 2.05) is 32.9 Å². The number of ether oxygens (including phenoxy) is 1. The van der Waals surface area contributed by atoms with Gasteiger partial charge in [0.2, 0.25) is 10.0 Å². The first-order valence-electron chi connectivity index (χ1n) is 8.77. The Morgan fingerprint density at radius 1 is 1.15 bits per heavy atom. The van der Waals surface area contributed by atoms with Gasteiger partial charge in [-0.3, -0.25) is 4.90 Å². The van der Waals surface area contributed by atoms with E-state index < -0.39 is 10.0 Å². The highest BCUT2D eigenvalue weighted by atomic mass is 32.2. The van der Waals surface area contributed by atoms with Gasteiger partial charge in [-0.05, 0) is 62.3 Å². The van der Waals surface area contributed by atoms with E-state index in [9.17, 15) is 8.42 Å². The Hall–Kier alpha value is -1.83. The lowest BCUT2D eigenvalue weighted by Gasteiger charge is -2.28. The third-order valence-corrected chi connectivity index (χ3v) is 6.36. The molecule has 2 rings (SSSR count). The molecule has 0 aliphatic heterocycles. The number of likely N-dealkylation sites (N-methyl/N-ethyl adjacent to an activating group) is 1. The quantitative estimate of drug-likeness (QED) is 0.723. The molecule has 0 radical (unpaired) electrons. The standard InChI is InChI=1S/C19H28N2O4S/c1-6-21(7-2)16(18-9-8-12-25-18)13-20-26(22,23)19-11-10-17(24-5)14(3)15(19)4/h8-12,16,20H,6-7,13H2,1-5H3. The summed E-state index contributed by atoms with van der Waals surface area (Å²) < 4.78 is 39.3. The molecule has 26 heavy (non-hydrogen) atoms. The SMILES string of the molecule is CCN(CC)C(CNS(=O)(=O)c1ccc(OC)c(C)c1C)c1ccco1. The molecule has 0 saturated heterocycles. The van der Waals surface area contributed by atoms with Crippen molar-refractivity contribution in [1.82, 2.24) is 9.62 Å². The van der Waals surface area contributed by atoms with Gasteiger partial charge in [-0.15, -0.1) is 0 Å². The molecule has 0 bridgehead atoms. The van der Waals surface area contributed by atoms with E-state index in [0.29, 0.717) is 11.3 Å². The van der Waals surface area contributed by atoms with E-state index in [-0.39, 0.29) is 17.5 Å². The second-order valence-electron chi connectivity index (χ2n) is 6.12. The van der Waals surface area contributed by atoms with Crippen molar-refractivity contribution in [2.75, 3.05) is 26.7 Å². The summed E-state index contributed by atoms with van der Waals surface area (Å²) in [6.07, 6.45) is 1.61. The molecule has 2 aromatic rings. The highest BCUT2D eigenvalue weighted by molar-refractivity contribution is 7.89. The number of methoxy groups -OCH3 is 1. The second-order valence-corrected chi connectivity index (χ2v) is 7.86. The summed E-state index contributed by atoms with van der Waals surface area (Å²) in [6, 6.07) is 6.81. The Balaban J connectivity index is 2.27. The topological polar surface area (TPSA) is 71.8 Å². The molecule has 0 aliphatic rings. The summed E-state index contributed by atoms with van der Waals surface area (Å²) in [5.41, 5.74) is 1.51. The number of furan rings is 1. The predicted molar refractivity (Wildman–Crippen MR) is 102 cm³/mol. The first-order valence-corrected chi connectivity index (χ1v) is 10.2. The minimum absolute atomic E-state index is 0.158. The molecule has 0 spiro atoms. The first kappa shape index (κ1) is 20.5. The minimum Gasteiger partial charge on any atom is -0.496 e. The summed E-state index contributed by atoms with van der Waals surface area (Å²) in [4.78, 5) is 2.43. The van der Waals surface area contributed by atoms with Crippen LogP contribution in [0.4, 0.5) is 0 Å². The normalized spacial score (nSPS) is 13.2. The van der Waals surface area contributed by atoms with Crippen LogP contribution in [0.1, 0.15) is 36.8 Å². The maximum atomic E-state index is 12.9. The Bertz CT molecular complexity index is 812. The van der Waals surface area contributed by atoms with Gasteiger partial charge >= 0.3 is 0 Å². The van der Waals surface area contributed by atoms with Gasteiger partial charge < -0.3 is 9.15 Å². The van der Waals surface area contributed by atoms with Gasteiger partial charge in [-0.1, -0.05) is 13.8 Å². The number of benzene rings is 1. The maximum Gasteiger partial charge on any atom is 0.240 e. The largest absolute Gasteiger partial charge is 0.496 e. The number of nitrogens with one attached hydrogen (secondary N) is 1. The van der Waals surface area contributed by atoms with Crippen molar-refractivity contribution >= 4 is 10.0 Å². The number of rotatable bonds is 9. The van der Waals surface area contributed by atoms with Crippen molar-refractivity contribution < 1.29 is 17.6 Å². The van der Waals surface area contributed by atoms with Crippen LogP contribution in [0.15, 0.2) is 39.8 Å². The van der Waals surface area contributed by atoms with E-state index in [0.717, 1.165) is 24.4 Å². The molecule has 0 fully saturated rings. The van der Waals surface area contributed by atoms with Crippen LogP contribution in [-0.4, -0.2) is 40.1 Å². The summed E-state index contributed by atoms with van der Waals surface area (Å²) in [6.45, 7) is 9.57. The van der Waals surface area contributed by atoms with Crippen molar-refractivity contribution in [2.45, 2.75) is 38.6 Å². The summed E-state index contributed by atoms with van der Waals surface area (Å²) >= 11 is 0. The Morgan fingerprint density at radius 2 is 1.85 bits per heavy atom. The lowest BCUT2D eigenvalue weighted by atomic mass is 10.1. The van der Waals surface area contributed by atoms with Crippen molar-refractivity contribution in [3.05, 3.63) is 47.4 Å². The average molecular weight is 381 g/mol. The summed E-state index contributed by atoms with van der Waals surface area (Å²) in [5.74, 6) is 1.43. The van der Waals surface area contributed by atoms with Crippen LogP contribution in [-0.2, 0) is 10.0 Å². The molecule has 6 nitrogen and oxygen atoms in total. The third kappa shape index (κ3) is 4.28. The first-order chi connectivity index (χ1) is 12.4. The maximum absolute atomic E-state index is 12.9. The minimum atomic E-state index is -3.65. The predicted octanol–water partition coefficient (Wildman–Crippen LogP) is 3.27. The monoisotopic (exact) mass is 380 g/mol. The molecular formula is C19H28N2O4S. The van der Waals surface area contributed by atoms with Crippen molar-refractivity contribution in [1.29, 1.82) is 0 Å². The van der Waals surface area contributed by atoms with Crippen molar-refractivity contribution in [2.24, 2.45) is 0 Å². The Labute approximate surface area is 156 Å². The molecule has 1 heterocycles. The van der Waals surface area contributed by atoms with Gasteiger partial charge in [0, 0.05) is 6.54 Å². The van der Waals surface area contributed by atoms with E-state index in [1.54, 1.807) is 32.4 Å². The molecule has 0 saturated carbocycles. The van der Waals surface area contributed by atoms with Gasteiger partial charge in [-0.25, -0.2) is 13.1 Å². The molecular weight excluding hydrogens is 352 g/mol. The molecule has 0 aliphatic carbocycles. The van der Waals surface area contributed by atoms with Crippen molar-refractivity contribution in [3.8, 4) is 5.75 Å².